The van der Waals surface area contributed by atoms with Gasteiger partial charge in [-0.3, -0.25) is 10.1 Å². The van der Waals surface area contributed by atoms with Crippen LogP contribution in [0.5, 0.6) is 0 Å². The highest BCUT2D eigenvalue weighted by molar-refractivity contribution is 6.13. The molecular formula is C32H26N8O2. The molecule has 0 atom stereocenters. The smallest absolute Gasteiger partial charge is 0.269 e. The molecule has 0 aliphatic heterocycles. The fraction of sp³-hybridized carbons (Fsp3) is 0.0625. The van der Waals surface area contributed by atoms with E-state index in [9.17, 15) is 10.1 Å². The maximum Gasteiger partial charge on any atom is 0.269 e. The molecule has 0 saturated heterocycles. The second-order valence-corrected chi connectivity index (χ2v) is 9.76. The van der Waals surface area contributed by atoms with Gasteiger partial charge in [-0.1, -0.05) is 54.6 Å². The number of aryl methyl sites for hydroxylation is 2. The molecule has 0 aliphatic rings. The Morgan fingerprint density at radius 1 is 0.690 bits per heavy atom. The minimum atomic E-state index is -0.447. The van der Waals surface area contributed by atoms with Crippen molar-refractivity contribution >= 4 is 62.7 Å². The van der Waals surface area contributed by atoms with Crippen molar-refractivity contribution in [3.63, 3.8) is 0 Å². The molecule has 206 valence electrons. The van der Waals surface area contributed by atoms with E-state index in [0.717, 1.165) is 38.4 Å². The Morgan fingerprint density at radius 3 is 1.88 bits per heavy atom. The van der Waals surface area contributed by atoms with E-state index in [1.54, 1.807) is 18.3 Å². The number of nitro groups is 1. The zero-order valence-corrected chi connectivity index (χ0v) is 22.9. The molecule has 6 rings (SSSR count). The highest BCUT2D eigenvalue weighted by Gasteiger charge is 2.11. The number of nitrogens with zero attached hydrogens (tertiary/aromatic N) is 5. The summed E-state index contributed by atoms with van der Waals surface area (Å²) in [4.78, 5) is 24.1. The number of fused-ring (bicyclic) bond motifs is 2. The highest BCUT2D eigenvalue weighted by atomic mass is 16.6. The number of nitrogens with one attached hydrogen (secondary N) is 3. The van der Waals surface area contributed by atoms with Crippen LogP contribution in [0.2, 0.25) is 0 Å². The summed E-state index contributed by atoms with van der Waals surface area (Å²) in [6, 6.07) is 30.5. The molecule has 5 aromatic carbocycles. The lowest BCUT2D eigenvalue weighted by atomic mass is 9.97. The average Bonchev–Trinajstić information content (AvgIpc) is 2.99. The van der Waals surface area contributed by atoms with Gasteiger partial charge in [-0.15, -0.1) is 0 Å². The molecule has 42 heavy (non-hydrogen) atoms. The van der Waals surface area contributed by atoms with Crippen molar-refractivity contribution in [3.8, 4) is 0 Å². The van der Waals surface area contributed by atoms with Crippen LogP contribution in [0.15, 0.2) is 102 Å². The van der Waals surface area contributed by atoms with Gasteiger partial charge in [0.25, 0.3) is 5.69 Å². The summed E-state index contributed by atoms with van der Waals surface area (Å²) >= 11 is 0. The molecule has 10 heteroatoms. The largest absolute Gasteiger partial charge is 0.324 e. The lowest BCUT2D eigenvalue weighted by Gasteiger charge is -2.11. The summed E-state index contributed by atoms with van der Waals surface area (Å²) in [6.07, 6.45) is 1.77. The van der Waals surface area contributed by atoms with Gasteiger partial charge in [0.2, 0.25) is 17.8 Å². The Hall–Kier alpha value is -5.90. The maximum atomic E-state index is 11.0. The van der Waals surface area contributed by atoms with Gasteiger partial charge < -0.3 is 10.6 Å². The van der Waals surface area contributed by atoms with E-state index in [1.165, 1.54) is 17.7 Å². The maximum absolute atomic E-state index is 11.0. The Labute approximate surface area is 241 Å². The molecule has 0 unspecified atom stereocenters. The zero-order chi connectivity index (χ0) is 29.1. The van der Waals surface area contributed by atoms with E-state index in [2.05, 4.69) is 66.4 Å². The van der Waals surface area contributed by atoms with Gasteiger partial charge >= 0.3 is 0 Å². The van der Waals surface area contributed by atoms with Crippen molar-refractivity contribution in [3.05, 3.63) is 124 Å². The van der Waals surface area contributed by atoms with Crippen LogP contribution in [0.1, 0.15) is 16.7 Å². The molecule has 0 spiro atoms. The van der Waals surface area contributed by atoms with Crippen LogP contribution in [0.25, 0.3) is 21.5 Å². The van der Waals surface area contributed by atoms with Crippen LogP contribution in [-0.4, -0.2) is 26.1 Å². The topological polar surface area (TPSA) is 130 Å². The van der Waals surface area contributed by atoms with Gasteiger partial charge in [-0.2, -0.15) is 20.1 Å². The Morgan fingerprint density at radius 2 is 1.26 bits per heavy atom. The molecular weight excluding hydrogens is 528 g/mol. The number of benzene rings is 5. The number of rotatable bonds is 8. The molecule has 0 aliphatic carbocycles. The summed E-state index contributed by atoms with van der Waals surface area (Å²) in [5.41, 5.74) is 7.63. The normalized spacial score (nSPS) is 11.2. The summed E-state index contributed by atoms with van der Waals surface area (Å²) in [6.45, 7) is 4.08. The van der Waals surface area contributed by atoms with Crippen LogP contribution >= 0.6 is 0 Å². The number of aromatic nitrogens is 3. The van der Waals surface area contributed by atoms with Crippen molar-refractivity contribution in [2.75, 3.05) is 16.1 Å². The zero-order valence-electron chi connectivity index (χ0n) is 22.9. The fourth-order valence-corrected chi connectivity index (χ4v) is 4.62. The number of hydrogen-bond donors (Lipinski definition) is 3. The Balaban J connectivity index is 1.34. The molecule has 0 radical (unpaired) electrons. The molecule has 1 aromatic heterocycles. The highest BCUT2D eigenvalue weighted by Crippen LogP contribution is 2.27. The monoisotopic (exact) mass is 554 g/mol. The summed E-state index contributed by atoms with van der Waals surface area (Å²) < 4.78 is 0. The predicted molar refractivity (Wildman–Crippen MR) is 168 cm³/mol. The first-order chi connectivity index (χ1) is 20.4. The van der Waals surface area contributed by atoms with Gasteiger partial charge in [-0.25, -0.2) is 5.43 Å². The minimum absolute atomic E-state index is 0.00838. The van der Waals surface area contributed by atoms with Crippen LogP contribution in [0.3, 0.4) is 0 Å². The van der Waals surface area contributed by atoms with Crippen molar-refractivity contribution in [2.45, 2.75) is 13.8 Å². The molecule has 1 heterocycles. The van der Waals surface area contributed by atoms with E-state index in [-0.39, 0.29) is 17.6 Å². The van der Waals surface area contributed by atoms with Crippen LogP contribution in [-0.2, 0) is 0 Å². The SMILES string of the molecule is Cc1ccc(Nc2nc(NN=Cc3c4ccccc4cc4ccccc34)nc(Nc3ccc([N+](=O)[O-])cc3)n2)cc1C. The van der Waals surface area contributed by atoms with Crippen molar-refractivity contribution < 1.29 is 4.92 Å². The van der Waals surface area contributed by atoms with Crippen LogP contribution in [0.4, 0.5) is 34.9 Å². The van der Waals surface area contributed by atoms with Crippen LogP contribution < -0.4 is 16.1 Å². The molecule has 3 N–H and O–H groups in total. The molecule has 0 amide bonds. The van der Waals surface area contributed by atoms with Gasteiger partial charge in [0, 0.05) is 29.1 Å². The van der Waals surface area contributed by atoms with E-state index in [0.29, 0.717) is 11.6 Å². The Kier molecular flexibility index (Phi) is 7.08. The molecule has 0 fully saturated rings. The molecule has 6 aromatic rings. The first kappa shape index (κ1) is 26.3. The first-order valence-electron chi connectivity index (χ1n) is 13.2. The van der Waals surface area contributed by atoms with Crippen molar-refractivity contribution in [1.29, 1.82) is 0 Å². The number of nitro benzene ring substituents is 1. The van der Waals surface area contributed by atoms with E-state index >= 15 is 0 Å². The third-order valence-corrected chi connectivity index (χ3v) is 6.90. The van der Waals surface area contributed by atoms with Gasteiger partial charge in [0.15, 0.2) is 0 Å². The predicted octanol–water partition coefficient (Wildman–Crippen LogP) is 7.64. The minimum Gasteiger partial charge on any atom is -0.324 e. The first-order valence-corrected chi connectivity index (χ1v) is 13.2. The number of hydrogen-bond acceptors (Lipinski definition) is 9. The molecule has 10 nitrogen and oxygen atoms in total. The van der Waals surface area contributed by atoms with Gasteiger partial charge in [0.05, 0.1) is 11.1 Å². The number of non-ortho nitro benzene ring substituents is 1. The molecule has 0 bridgehead atoms. The Bertz CT molecular complexity index is 1920. The summed E-state index contributed by atoms with van der Waals surface area (Å²) in [7, 11) is 0. The van der Waals surface area contributed by atoms with Crippen LogP contribution in [0, 0.1) is 24.0 Å². The van der Waals surface area contributed by atoms with Gasteiger partial charge in [-0.05, 0) is 76.9 Å². The van der Waals surface area contributed by atoms with Crippen molar-refractivity contribution in [2.24, 2.45) is 5.10 Å². The van der Waals surface area contributed by atoms with E-state index in [4.69, 9.17) is 0 Å². The average molecular weight is 555 g/mol. The summed E-state index contributed by atoms with van der Waals surface area (Å²) in [5, 5.41) is 26.3. The summed E-state index contributed by atoms with van der Waals surface area (Å²) in [5.74, 6) is 0.742. The van der Waals surface area contributed by atoms with E-state index in [1.807, 2.05) is 56.3 Å². The van der Waals surface area contributed by atoms with Crippen molar-refractivity contribution in [1.82, 2.24) is 15.0 Å². The second-order valence-electron chi connectivity index (χ2n) is 9.76. The molecule has 0 saturated carbocycles. The van der Waals surface area contributed by atoms with E-state index < -0.39 is 4.92 Å². The number of anilines is 5. The standard InChI is InChI=1S/C32H26N8O2/c1-20-11-12-25(17-21(20)2)35-31-36-30(34-24-13-15-26(16-14-24)40(41)42)37-32(38-31)39-33-19-29-27-9-5-3-7-22(27)18-23-8-4-6-10-28(23)29/h3-19H,1-2H3,(H3,34,35,36,37,38,39). The number of hydrazone groups is 1. The van der Waals surface area contributed by atoms with Gasteiger partial charge in [0.1, 0.15) is 0 Å². The lowest BCUT2D eigenvalue weighted by Crippen LogP contribution is -2.07. The second kappa shape index (κ2) is 11.3. The quantitative estimate of drug-likeness (QED) is 0.0757. The fourth-order valence-electron chi connectivity index (χ4n) is 4.62. The lowest BCUT2D eigenvalue weighted by molar-refractivity contribution is -0.384. The third kappa shape index (κ3) is 5.68. The third-order valence-electron chi connectivity index (χ3n) is 6.90.